The van der Waals surface area contributed by atoms with E-state index in [1.807, 2.05) is 30.3 Å². The normalized spacial score (nSPS) is 25.1. The number of anilines is 1. The molecule has 2 aromatic rings. The fraction of sp³-hybridized carbons (Fsp3) is 0.429. The Hall–Kier alpha value is -3.99. The average molecular weight is 650 g/mol. The number of allylic oxidation sites excluding steroid dienone is 1. The van der Waals surface area contributed by atoms with Crippen molar-refractivity contribution in [2.75, 3.05) is 31.1 Å². The van der Waals surface area contributed by atoms with Crippen LogP contribution >= 0.6 is 11.6 Å². The first-order valence-electron chi connectivity index (χ1n) is 15.7. The number of rotatable bonds is 15. The molecular weight excluding hydrogens is 610 g/mol. The highest BCUT2D eigenvalue weighted by Gasteiger charge is 2.75. The number of nitrogens with zero attached hydrogens (tertiary/aromatic N) is 2. The van der Waals surface area contributed by atoms with Crippen LogP contribution in [0.1, 0.15) is 43.8 Å². The van der Waals surface area contributed by atoms with Gasteiger partial charge in [-0.25, -0.2) is 0 Å². The van der Waals surface area contributed by atoms with Crippen molar-refractivity contribution in [3.63, 3.8) is 0 Å². The van der Waals surface area contributed by atoms with Crippen molar-refractivity contribution in [3.8, 4) is 0 Å². The molecule has 2 aromatic carbocycles. The molecule has 5 rings (SSSR count). The van der Waals surface area contributed by atoms with Crippen LogP contribution in [0.15, 0.2) is 79.9 Å². The number of amides is 3. The molecule has 0 aromatic heterocycles. The smallest absolute Gasteiger partial charge is 0.313 e. The van der Waals surface area contributed by atoms with Crippen molar-refractivity contribution in [2.45, 2.75) is 56.0 Å². The molecule has 0 saturated carbocycles. The molecular formula is C35H40ClN3O7. The molecule has 3 saturated heterocycles. The largest absolute Gasteiger partial charge is 0.455 e. The van der Waals surface area contributed by atoms with Gasteiger partial charge in [0.15, 0.2) is 0 Å². The van der Waals surface area contributed by atoms with Crippen LogP contribution in [0.3, 0.4) is 0 Å². The van der Waals surface area contributed by atoms with Crippen molar-refractivity contribution in [2.24, 2.45) is 11.8 Å². The number of hydrogen-bond acceptors (Lipinski definition) is 7. The Balaban J connectivity index is 1.44. The van der Waals surface area contributed by atoms with Crippen molar-refractivity contribution in [1.29, 1.82) is 0 Å². The van der Waals surface area contributed by atoms with Gasteiger partial charge in [0, 0.05) is 36.8 Å². The molecule has 46 heavy (non-hydrogen) atoms. The molecule has 2 bridgehead atoms. The number of likely N-dealkylation sites (tertiary alicyclic amines) is 1. The number of hydrogen-bond donors (Lipinski definition) is 2. The van der Waals surface area contributed by atoms with Crippen LogP contribution in [-0.4, -0.2) is 77.7 Å². The van der Waals surface area contributed by atoms with Crippen molar-refractivity contribution in [3.05, 3.63) is 90.5 Å². The molecule has 0 unspecified atom stereocenters. The van der Waals surface area contributed by atoms with Crippen LogP contribution in [0.2, 0.25) is 5.02 Å². The van der Waals surface area contributed by atoms with Gasteiger partial charge in [-0.1, -0.05) is 54.1 Å². The molecule has 10 nitrogen and oxygen atoms in total. The molecule has 3 aliphatic rings. The van der Waals surface area contributed by atoms with E-state index in [0.29, 0.717) is 35.5 Å². The Labute approximate surface area is 274 Å². The van der Waals surface area contributed by atoms with Gasteiger partial charge in [0.1, 0.15) is 17.7 Å². The lowest BCUT2D eigenvalue weighted by atomic mass is 9.70. The van der Waals surface area contributed by atoms with Gasteiger partial charge < -0.3 is 29.7 Å². The molecule has 11 heteroatoms. The van der Waals surface area contributed by atoms with Crippen molar-refractivity contribution < 1.29 is 33.8 Å². The lowest BCUT2D eigenvalue weighted by Gasteiger charge is -2.36. The van der Waals surface area contributed by atoms with Gasteiger partial charge in [0.25, 0.3) is 5.91 Å². The Morgan fingerprint density at radius 1 is 1.15 bits per heavy atom. The molecule has 0 aliphatic carbocycles. The number of ether oxygens (including phenoxy) is 2. The highest BCUT2D eigenvalue weighted by atomic mass is 35.5. The summed E-state index contributed by atoms with van der Waals surface area (Å²) >= 11 is 6.11. The van der Waals surface area contributed by atoms with E-state index in [-0.39, 0.29) is 56.8 Å². The molecule has 3 fully saturated rings. The fourth-order valence-electron chi connectivity index (χ4n) is 7.04. The van der Waals surface area contributed by atoms with Gasteiger partial charge in [-0.15, -0.1) is 13.2 Å². The van der Waals surface area contributed by atoms with Crippen LogP contribution in [-0.2, 0) is 28.7 Å². The summed E-state index contributed by atoms with van der Waals surface area (Å²) in [6, 6.07) is 14.9. The summed E-state index contributed by atoms with van der Waals surface area (Å²) in [5.74, 6) is -3.44. The number of aliphatic hydroxyl groups excluding tert-OH is 1. The van der Waals surface area contributed by atoms with E-state index < -0.39 is 41.7 Å². The topological polar surface area (TPSA) is 125 Å². The summed E-state index contributed by atoms with van der Waals surface area (Å²) in [5.41, 5.74) is 0.0236. The van der Waals surface area contributed by atoms with Crippen LogP contribution in [0, 0.1) is 11.8 Å². The quantitative estimate of drug-likeness (QED) is 0.221. The van der Waals surface area contributed by atoms with Crippen LogP contribution < -0.4 is 10.2 Å². The Kier molecular flexibility index (Phi) is 10.6. The zero-order valence-electron chi connectivity index (χ0n) is 25.7. The third-order valence-electron chi connectivity index (χ3n) is 9.07. The second-order valence-corrected chi connectivity index (χ2v) is 12.3. The minimum atomic E-state index is -1.25. The third kappa shape index (κ3) is 6.47. The molecule has 3 amide bonds. The second-order valence-electron chi connectivity index (χ2n) is 11.8. The molecule has 2 N–H and O–H groups in total. The van der Waals surface area contributed by atoms with E-state index in [2.05, 4.69) is 18.5 Å². The minimum Gasteiger partial charge on any atom is -0.455 e. The number of esters is 1. The first-order valence-corrected chi connectivity index (χ1v) is 16.0. The van der Waals surface area contributed by atoms with E-state index in [4.69, 9.17) is 21.1 Å². The second kappa shape index (κ2) is 14.6. The van der Waals surface area contributed by atoms with Crippen LogP contribution in [0.4, 0.5) is 5.69 Å². The molecule has 244 valence electrons. The SMILES string of the molecule is C=CCCC(=O)NC[C@H](OC(=O)[C@@H]1[C@H]2C(=O)N(CCCO)[C@H](C(=O)N(CC=C)c3ccc(Cl)cc3)[C@]23CC[C@H]1O3)c1ccccc1. The van der Waals surface area contributed by atoms with E-state index >= 15 is 0 Å². The average Bonchev–Trinajstić information content (AvgIpc) is 3.71. The molecule has 3 aliphatic heterocycles. The highest BCUT2D eigenvalue weighted by molar-refractivity contribution is 6.30. The number of aliphatic hydroxyl groups is 1. The minimum absolute atomic E-state index is 0.0507. The fourth-order valence-corrected chi connectivity index (χ4v) is 7.17. The van der Waals surface area contributed by atoms with Crippen molar-refractivity contribution >= 4 is 41.0 Å². The third-order valence-corrected chi connectivity index (χ3v) is 9.32. The van der Waals surface area contributed by atoms with Crippen LogP contribution in [0.5, 0.6) is 0 Å². The summed E-state index contributed by atoms with van der Waals surface area (Å²) in [6.07, 6.45) is 3.75. The van der Waals surface area contributed by atoms with Gasteiger partial charge in [-0.3, -0.25) is 19.2 Å². The maximum absolute atomic E-state index is 14.5. The Morgan fingerprint density at radius 3 is 2.57 bits per heavy atom. The van der Waals surface area contributed by atoms with Gasteiger partial charge in [-0.2, -0.15) is 0 Å². The highest BCUT2D eigenvalue weighted by Crippen LogP contribution is 2.59. The summed E-state index contributed by atoms with van der Waals surface area (Å²) in [7, 11) is 0. The van der Waals surface area contributed by atoms with E-state index in [0.717, 1.165) is 0 Å². The first kappa shape index (κ1) is 33.4. The monoisotopic (exact) mass is 649 g/mol. The van der Waals surface area contributed by atoms with E-state index in [1.165, 1.54) is 9.80 Å². The lowest BCUT2D eigenvalue weighted by Crippen LogP contribution is -2.56. The predicted octanol–water partition coefficient (Wildman–Crippen LogP) is 3.98. The first-order chi connectivity index (χ1) is 22.2. The maximum Gasteiger partial charge on any atom is 0.313 e. The van der Waals surface area contributed by atoms with E-state index in [9.17, 15) is 24.3 Å². The summed E-state index contributed by atoms with van der Waals surface area (Å²) in [5, 5.41) is 13.0. The van der Waals surface area contributed by atoms with Gasteiger partial charge in [0.2, 0.25) is 11.8 Å². The Morgan fingerprint density at radius 2 is 1.89 bits per heavy atom. The summed E-state index contributed by atoms with van der Waals surface area (Å²) < 4.78 is 12.6. The number of halogens is 1. The molecule has 0 radical (unpaired) electrons. The Bertz CT molecular complexity index is 1450. The molecule has 6 atom stereocenters. The number of carbonyl (C=O) groups is 4. The standard InChI is InChI=1S/C35H40ClN3O7/c1-3-5-12-28(41)37-22-27(23-10-7-6-8-11-23)45-34(44)29-26-17-18-35(46-26)30(29)32(42)39(20-9-21-40)31(35)33(43)38(19-4-2)25-15-13-24(36)14-16-25/h3-4,6-8,10-11,13-16,26-27,29-31,40H,1-2,5,9,12,17-22H2,(H,37,41)/t26-,27+,29+,30+,31-,35+/m1/s1. The molecule has 3 heterocycles. The van der Waals surface area contributed by atoms with Gasteiger partial charge in [-0.05, 0) is 55.5 Å². The van der Waals surface area contributed by atoms with Crippen molar-refractivity contribution in [1.82, 2.24) is 10.2 Å². The maximum atomic E-state index is 14.5. The number of carbonyl (C=O) groups excluding carboxylic acids is 4. The van der Waals surface area contributed by atoms with Crippen LogP contribution in [0.25, 0.3) is 0 Å². The summed E-state index contributed by atoms with van der Waals surface area (Å²) in [4.78, 5) is 58.1. The number of fused-ring (bicyclic) bond motifs is 1. The zero-order chi connectivity index (χ0) is 32.8. The summed E-state index contributed by atoms with van der Waals surface area (Å²) in [6.45, 7) is 7.63. The predicted molar refractivity (Wildman–Crippen MR) is 173 cm³/mol. The lowest BCUT2D eigenvalue weighted by molar-refractivity contribution is -0.160. The van der Waals surface area contributed by atoms with Gasteiger partial charge in [0.05, 0.1) is 24.5 Å². The zero-order valence-corrected chi connectivity index (χ0v) is 26.4. The van der Waals surface area contributed by atoms with E-state index in [1.54, 1.807) is 36.4 Å². The molecule has 1 spiro atoms. The number of nitrogens with one attached hydrogen (secondary N) is 1. The van der Waals surface area contributed by atoms with Gasteiger partial charge >= 0.3 is 5.97 Å². The number of benzene rings is 2.